The molecule has 0 radical (unpaired) electrons. The summed E-state index contributed by atoms with van der Waals surface area (Å²) in [6.07, 6.45) is 0.294. The average Bonchev–Trinajstić information content (AvgIpc) is 2.49. The second-order valence-electron chi connectivity index (χ2n) is 5.03. The van der Waals surface area contributed by atoms with Crippen LogP contribution in [0.3, 0.4) is 0 Å². The summed E-state index contributed by atoms with van der Waals surface area (Å²) in [6, 6.07) is 1.81. The van der Waals surface area contributed by atoms with Crippen molar-refractivity contribution >= 4 is 17.7 Å². The van der Waals surface area contributed by atoms with Gasteiger partial charge >= 0.3 is 5.97 Å². The Balaban J connectivity index is 2.68. The number of rotatable bonds is 8. The van der Waals surface area contributed by atoms with Gasteiger partial charge in [-0.2, -0.15) is 0 Å². The quantitative estimate of drug-likeness (QED) is 0.741. The lowest BCUT2D eigenvalue weighted by Crippen LogP contribution is -2.42. The summed E-state index contributed by atoms with van der Waals surface area (Å²) in [7, 11) is 1.17. The van der Waals surface area contributed by atoms with Crippen LogP contribution in [0.25, 0.3) is 0 Å². The monoisotopic (exact) mass is 327 g/mol. The zero-order valence-corrected chi connectivity index (χ0v) is 13.0. The smallest absolute Gasteiger partial charge is 0.328 e. The second kappa shape index (κ2) is 8.97. The summed E-state index contributed by atoms with van der Waals surface area (Å²) in [5.41, 5.74) is 0.147. The summed E-state index contributed by atoms with van der Waals surface area (Å²) in [4.78, 5) is 34.9. The van der Waals surface area contributed by atoms with E-state index < -0.39 is 29.6 Å². The number of esters is 1. The van der Waals surface area contributed by atoms with E-state index in [1.807, 2.05) is 0 Å². The third kappa shape index (κ3) is 6.54. The molecule has 0 heterocycles. The summed E-state index contributed by atoms with van der Waals surface area (Å²) in [5.74, 6) is -2.88. The van der Waals surface area contributed by atoms with Gasteiger partial charge in [0.2, 0.25) is 5.91 Å². The summed E-state index contributed by atoms with van der Waals surface area (Å²) in [6.45, 7) is 1.70. The lowest BCUT2D eigenvalue weighted by atomic mass is 10.1. The fourth-order valence-corrected chi connectivity index (χ4v) is 2.02. The first-order chi connectivity index (χ1) is 10.8. The predicted octanol–water partition coefficient (Wildman–Crippen LogP) is 1.92. The standard InChI is InChI=1S/C16H19F2NO4/c1-3-13(20)4-5-14(16(22)23-2)19-15(21)8-10-6-11(17)9-12(18)7-10/h6-7,9,14H,3-5,8H2,1-2H3,(H,19,21)/t14-/m0/s1. The van der Waals surface area contributed by atoms with Gasteiger partial charge in [0.05, 0.1) is 13.5 Å². The average molecular weight is 327 g/mol. The van der Waals surface area contributed by atoms with Crippen LogP contribution in [0.5, 0.6) is 0 Å². The molecular formula is C16H19F2NO4. The van der Waals surface area contributed by atoms with E-state index in [-0.39, 0.29) is 30.6 Å². The number of ether oxygens (including phenoxy) is 1. The van der Waals surface area contributed by atoms with E-state index >= 15 is 0 Å². The first-order valence-electron chi connectivity index (χ1n) is 7.19. The van der Waals surface area contributed by atoms with Crippen LogP contribution in [0.15, 0.2) is 18.2 Å². The van der Waals surface area contributed by atoms with Gasteiger partial charge in [0.1, 0.15) is 23.5 Å². The van der Waals surface area contributed by atoms with Crippen molar-refractivity contribution in [3.63, 3.8) is 0 Å². The molecule has 1 N–H and O–H groups in total. The number of carbonyl (C=O) groups is 3. The zero-order valence-electron chi connectivity index (χ0n) is 13.0. The Morgan fingerprint density at radius 2 is 1.78 bits per heavy atom. The number of benzene rings is 1. The van der Waals surface area contributed by atoms with E-state index in [0.717, 1.165) is 12.1 Å². The van der Waals surface area contributed by atoms with Gasteiger partial charge in [-0.3, -0.25) is 9.59 Å². The zero-order chi connectivity index (χ0) is 17.4. The molecule has 1 amide bonds. The highest BCUT2D eigenvalue weighted by Crippen LogP contribution is 2.09. The molecule has 5 nitrogen and oxygen atoms in total. The highest BCUT2D eigenvalue weighted by atomic mass is 19.1. The number of Topliss-reactive ketones (excluding diaryl/α,β-unsaturated/α-hetero) is 1. The van der Waals surface area contributed by atoms with Crippen molar-refractivity contribution in [3.05, 3.63) is 35.4 Å². The number of halogens is 2. The molecule has 0 saturated carbocycles. The fourth-order valence-electron chi connectivity index (χ4n) is 2.02. The van der Waals surface area contributed by atoms with Gasteiger partial charge in [-0.15, -0.1) is 0 Å². The topological polar surface area (TPSA) is 72.5 Å². The third-order valence-corrected chi connectivity index (χ3v) is 3.21. The molecule has 1 aromatic rings. The Hall–Kier alpha value is -2.31. The van der Waals surface area contributed by atoms with Crippen molar-refractivity contribution in [1.29, 1.82) is 0 Å². The van der Waals surface area contributed by atoms with Crippen LogP contribution >= 0.6 is 0 Å². The predicted molar refractivity (Wildman–Crippen MR) is 78.5 cm³/mol. The summed E-state index contributed by atoms with van der Waals surface area (Å²) >= 11 is 0. The number of hydrogen-bond donors (Lipinski definition) is 1. The van der Waals surface area contributed by atoms with Gasteiger partial charge in [0.25, 0.3) is 0 Å². The first-order valence-corrected chi connectivity index (χ1v) is 7.19. The minimum atomic E-state index is -0.971. The largest absolute Gasteiger partial charge is 0.467 e. The number of hydrogen-bond acceptors (Lipinski definition) is 4. The Morgan fingerprint density at radius 3 is 2.30 bits per heavy atom. The lowest BCUT2D eigenvalue weighted by Gasteiger charge is -2.16. The van der Waals surface area contributed by atoms with Crippen LogP contribution in [-0.4, -0.2) is 30.8 Å². The maximum absolute atomic E-state index is 13.1. The van der Waals surface area contributed by atoms with Crippen molar-refractivity contribution in [2.24, 2.45) is 0 Å². The highest BCUT2D eigenvalue weighted by molar-refractivity contribution is 5.86. The molecule has 1 rings (SSSR count). The van der Waals surface area contributed by atoms with Gasteiger partial charge in [0, 0.05) is 18.9 Å². The Kier molecular flexibility index (Phi) is 7.31. The van der Waals surface area contributed by atoms with Gasteiger partial charge in [-0.05, 0) is 24.1 Å². The van der Waals surface area contributed by atoms with E-state index in [4.69, 9.17) is 0 Å². The van der Waals surface area contributed by atoms with Crippen LogP contribution in [0, 0.1) is 11.6 Å². The number of methoxy groups -OCH3 is 1. The van der Waals surface area contributed by atoms with Crippen molar-refractivity contribution in [2.45, 2.75) is 38.6 Å². The highest BCUT2D eigenvalue weighted by Gasteiger charge is 2.22. The molecule has 0 aliphatic carbocycles. The molecule has 1 atom stereocenters. The van der Waals surface area contributed by atoms with Crippen molar-refractivity contribution in [1.82, 2.24) is 5.32 Å². The number of carbonyl (C=O) groups excluding carboxylic acids is 3. The maximum Gasteiger partial charge on any atom is 0.328 e. The van der Waals surface area contributed by atoms with Crippen LogP contribution < -0.4 is 5.32 Å². The summed E-state index contributed by atoms with van der Waals surface area (Å²) in [5, 5.41) is 2.42. The van der Waals surface area contributed by atoms with E-state index in [2.05, 4.69) is 10.1 Å². The Labute approximate surface area is 133 Å². The Bertz CT molecular complexity index is 569. The summed E-state index contributed by atoms with van der Waals surface area (Å²) < 4.78 is 30.8. The fraction of sp³-hybridized carbons (Fsp3) is 0.438. The molecule has 0 saturated heterocycles. The molecule has 0 fully saturated rings. The molecule has 0 aliphatic rings. The Morgan fingerprint density at radius 1 is 1.17 bits per heavy atom. The van der Waals surface area contributed by atoms with Gasteiger partial charge in [-0.1, -0.05) is 6.92 Å². The SMILES string of the molecule is CCC(=O)CC[C@H](NC(=O)Cc1cc(F)cc(F)c1)C(=O)OC. The molecule has 1 aromatic carbocycles. The number of ketones is 1. The molecule has 0 bridgehead atoms. The normalized spacial score (nSPS) is 11.7. The van der Waals surface area contributed by atoms with Crippen molar-refractivity contribution < 1.29 is 27.9 Å². The third-order valence-electron chi connectivity index (χ3n) is 3.21. The minimum absolute atomic E-state index is 0.0413. The minimum Gasteiger partial charge on any atom is -0.467 e. The van der Waals surface area contributed by atoms with Crippen LogP contribution in [-0.2, 0) is 25.5 Å². The van der Waals surface area contributed by atoms with Gasteiger partial charge in [0.15, 0.2) is 0 Å². The molecule has 0 aliphatic heterocycles. The molecule has 0 unspecified atom stereocenters. The number of nitrogens with one attached hydrogen (secondary N) is 1. The molecule has 7 heteroatoms. The van der Waals surface area contributed by atoms with Crippen molar-refractivity contribution in [3.8, 4) is 0 Å². The van der Waals surface area contributed by atoms with E-state index in [1.165, 1.54) is 7.11 Å². The molecular weight excluding hydrogens is 308 g/mol. The van der Waals surface area contributed by atoms with Gasteiger partial charge in [-0.25, -0.2) is 13.6 Å². The molecule has 0 aromatic heterocycles. The van der Waals surface area contributed by atoms with E-state index in [1.54, 1.807) is 6.92 Å². The van der Waals surface area contributed by atoms with Crippen molar-refractivity contribution in [2.75, 3.05) is 7.11 Å². The van der Waals surface area contributed by atoms with E-state index in [9.17, 15) is 23.2 Å². The van der Waals surface area contributed by atoms with Crippen LogP contribution in [0.2, 0.25) is 0 Å². The first kappa shape index (κ1) is 18.7. The molecule has 126 valence electrons. The van der Waals surface area contributed by atoms with Crippen LogP contribution in [0.1, 0.15) is 31.7 Å². The van der Waals surface area contributed by atoms with Gasteiger partial charge < -0.3 is 10.1 Å². The lowest BCUT2D eigenvalue weighted by molar-refractivity contribution is -0.145. The maximum atomic E-state index is 13.1. The molecule has 0 spiro atoms. The number of amides is 1. The molecule has 23 heavy (non-hydrogen) atoms. The second-order valence-corrected chi connectivity index (χ2v) is 5.03. The van der Waals surface area contributed by atoms with Crippen LogP contribution in [0.4, 0.5) is 8.78 Å². The van der Waals surface area contributed by atoms with E-state index in [0.29, 0.717) is 12.5 Å².